The Morgan fingerprint density at radius 2 is 2.00 bits per heavy atom. The van der Waals surface area contributed by atoms with Gasteiger partial charge >= 0.3 is 0 Å². The van der Waals surface area contributed by atoms with E-state index in [4.69, 9.17) is 11.6 Å². The highest BCUT2D eigenvalue weighted by molar-refractivity contribution is 6.30. The van der Waals surface area contributed by atoms with Gasteiger partial charge in [0.1, 0.15) is 0 Å². The van der Waals surface area contributed by atoms with E-state index in [9.17, 15) is 4.79 Å². The van der Waals surface area contributed by atoms with Crippen molar-refractivity contribution in [2.75, 3.05) is 32.5 Å². The molecule has 7 heteroatoms. The van der Waals surface area contributed by atoms with E-state index in [1.165, 1.54) is 0 Å². The fourth-order valence-corrected chi connectivity index (χ4v) is 2.14. The third-order valence-corrected chi connectivity index (χ3v) is 3.43. The number of benzene rings is 1. The van der Waals surface area contributed by atoms with Gasteiger partial charge < -0.3 is 15.5 Å². The van der Waals surface area contributed by atoms with Crippen LogP contribution in [0.2, 0.25) is 5.02 Å². The molecule has 2 N–H and O–H groups in total. The average Bonchev–Trinajstić information content (AvgIpc) is 2.50. The van der Waals surface area contributed by atoms with Crippen LogP contribution >= 0.6 is 11.6 Å². The Kier molecular flexibility index (Phi) is 5.90. The highest BCUT2D eigenvalue weighted by Crippen LogP contribution is 2.22. The zero-order valence-corrected chi connectivity index (χ0v) is 14.2. The van der Waals surface area contributed by atoms with E-state index in [-0.39, 0.29) is 5.91 Å². The van der Waals surface area contributed by atoms with E-state index in [0.29, 0.717) is 23.1 Å². The number of halogens is 1. The maximum atomic E-state index is 11.9. The first-order chi connectivity index (χ1) is 11.0. The highest BCUT2D eigenvalue weighted by atomic mass is 35.5. The second kappa shape index (κ2) is 7.89. The van der Waals surface area contributed by atoms with Crippen molar-refractivity contribution in [1.29, 1.82) is 0 Å². The normalized spacial score (nSPS) is 10.7. The van der Waals surface area contributed by atoms with E-state index >= 15 is 0 Å². The minimum atomic E-state index is -0.228. The lowest BCUT2D eigenvalue weighted by Crippen LogP contribution is -2.31. The summed E-state index contributed by atoms with van der Waals surface area (Å²) in [6.45, 7) is 3.29. The van der Waals surface area contributed by atoms with Crippen molar-refractivity contribution in [3.05, 3.63) is 46.6 Å². The smallest absolute Gasteiger partial charge is 0.271 e. The Hall–Kier alpha value is -2.18. The number of nitrogens with zero attached hydrogens (tertiary/aromatic N) is 3. The number of hydrogen-bond donors (Lipinski definition) is 2. The zero-order chi connectivity index (χ0) is 16.8. The first-order valence-electron chi connectivity index (χ1n) is 7.25. The van der Waals surface area contributed by atoms with Crippen molar-refractivity contribution >= 4 is 29.0 Å². The first kappa shape index (κ1) is 17.2. The van der Waals surface area contributed by atoms with Crippen LogP contribution in [0, 0.1) is 6.92 Å². The van der Waals surface area contributed by atoms with Crippen molar-refractivity contribution in [2.45, 2.75) is 6.92 Å². The molecule has 2 aromatic rings. The maximum absolute atomic E-state index is 11.9. The number of carbonyl (C=O) groups excluding carboxylic acids is 1. The number of carbonyl (C=O) groups is 1. The van der Waals surface area contributed by atoms with Gasteiger partial charge in [-0.05, 0) is 56.9 Å². The molecule has 0 radical (unpaired) electrons. The minimum Gasteiger partial charge on any atom is -0.349 e. The fraction of sp³-hybridized carbons (Fsp3) is 0.312. The summed E-state index contributed by atoms with van der Waals surface area (Å²) in [7, 11) is 3.90. The summed E-state index contributed by atoms with van der Waals surface area (Å²) >= 11 is 5.93. The highest BCUT2D eigenvalue weighted by Gasteiger charge is 2.08. The van der Waals surface area contributed by atoms with Gasteiger partial charge in [-0.15, -0.1) is 10.2 Å². The van der Waals surface area contributed by atoms with Gasteiger partial charge in [-0.3, -0.25) is 4.79 Å². The molecule has 0 unspecified atom stereocenters. The topological polar surface area (TPSA) is 70.2 Å². The summed E-state index contributed by atoms with van der Waals surface area (Å²) in [5, 5.41) is 14.6. The van der Waals surface area contributed by atoms with Crippen LogP contribution < -0.4 is 10.6 Å². The SMILES string of the molecule is Cc1cc(Cl)ccc1Nc1ccc(C(=O)NCCN(C)C)nn1. The Bertz CT molecular complexity index is 673. The van der Waals surface area contributed by atoms with Crippen LogP contribution in [0.4, 0.5) is 11.5 Å². The maximum Gasteiger partial charge on any atom is 0.271 e. The number of aromatic nitrogens is 2. The van der Waals surface area contributed by atoms with Gasteiger partial charge in [-0.2, -0.15) is 0 Å². The van der Waals surface area contributed by atoms with Gasteiger partial charge in [0.25, 0.3) is 5.91 Å². The summed E-state index contributed by atoms with van der Waals surface area (Å²) < 4.78 is 0. The van der Waals surface area contributed by atoms with E-state index in [0.717, 1.165) is 17.8 Å². The van der Waals surface area contributed by atoms with Crippen LogP contribution in [0.15, 0.2) is 30.3 Å². The summed E-state index contributed by atoms with van der Waals surface area (Å²) in [5.74, 6) is 0.342. The van der Waals surface area contributed by atoms with Crippen LogP contribution in [-0.4, -0.2) is 48.2 Å². The quantitative estimate of drug-likeness (QED) is 0.850. The van der Waals surface area contributed by atoms with Crippen LogP contribution in [0.1, 0.15) is 16.1 Å². The third-order valence-electron chi connectivity index (χ3n) is 3.19. The van der Waals surface area contributed by atoms with Gasteiger partial charge in [0.15, 0.2) is 11.5 Å². The molecule has 1 aromatic carbocycles. The molecule has 6 nitrogen and oxygen atoms in total. The summed E-state index contributed by atoms with van der Waals surface area (Å²) in [6.07, 6.45) is 0. The molecule has 0 bridgehead atoms. The Balaban J connectivity index is 1.97. The number of anilines is 2. The Morgan fingerprint density at radius 1 is 1.22 bits per heavy atom. The number of hydrogen-bond acceptors (Lipinski definition) is 5. The van der Waals surface area contributed by atoms with E-state index in [1.807, 2.05) is 38.1 Å². The molecule has 0 saturated heterocycles. The molecular formula is C16H20ClN5O. The summed E-state index contributed by atoms with van der Waals surface area (Å²) in [6, 6.07) is 8.91. The van der Waals surface area contributed by atoms with E-state index in [1.54, 1.807) is 18.2 Å². The Labute approximate surface area is 140 Å². The molecule has 1 heterocycles. The van der Waals surface area contributed by atoms with Gasteiger partial charge in [-0.1, -0.05) is 11.6 Å². The molecule has 0 fully saturated rings. The summed E-state index contributed by atoms with van der Waals surface area (Å²) in [4.78, 5) is 13.9. The van der Waals surface area contributed by atoms with Crippen molar-refractivity contribution in [2.24, 2.45) is 0 Å². The number of rotatable bonds is 6. The first-order valence-corrected chi connectivity index (χ1v) is 7.63. The van der Waals surface area contributed by atoms with Gasteiger partial charge in [0.2, 0.25) is 0 Å². The molecule has 0 spiro atoms. The van der Waals surface area contributed by atoms with Crippen molar-refractivity contribution in [3.63, 3.8) is 0 Å². The van der Waals surface area contributed by atoms with Gasteiger partial charge in [-0.25, -0.2) is 0 Å². The monoisotopic (exact) mass is 333 g/mol. The third kappa shape index (κ3) is 5.19. The lowest BCUT2D eigenvalue weighted by atomic mass is 10.2. The Morgan fingerprint density at radius 3 is 2.61 bits per heavy atom. The van der Waals surface area contributed by atoms with Crippen LogP contribution in [0.3, 0.4) is 0 Å². The molecule has 0 aliphatic rings. The van der Waals surface area contributed by atoms with Crippen molar-refractivity contribution in [3.8, 4) is 0 Å². The molecule has 0 aliphatic heterocycles. The van der Waals surface area contributed by atoms with Crippen LogP contribution in [-0.2, 0) is 0 Å². The lowest BCUT2D eigenvalue weighted by Gasteiger charge is -2.10. The molecule has 122 valence electrons. The zero-order valence-electron chi connectivity index (χ0n) is 13.4. The second-order valence-corrected chi connectivity index (χ2v) is 5.88. The van der Waals surface area contributed by atoms with Crippen LogP contribution in [0.5, 0.6) is 0 Å². The predicted octanol–water partition coefficient (Wildman–Crippen LogP) is 2.47. The standard InChI is InChI=1S/C16H20ClN5O/c1-11-10-12(17)4-5-13(11)19-15-7-6-14(20-21-15)16(23)18-8-9-22(2)3/h4-7,10H,8-9H2,1-3H3,(H,18,23)(H,19,21). The lowest BCUT2D eigenvalue weighted by molar-refractivity contribution is 0.0945. The molecule has 0 atom stereocenters. The minimum absolute atomic E-state index is 0.228. The van der Waals surface area contributed by atoms with Gasteiger partial charge in [0.05, 0.1) is 0 Å². The molecule has 1 aromatic heterocycles. The summed E-state index contributed by atoms with van der Waals surface area (Å²) in [5.41, 5.74) is 2.19. The molecule has 2 rings (SSSR count). The number of amides is 1. The van der Waals surface area contributed by atoms with Crippen molar-refractivity contribution < 1.29 is 4.79 Å². The molecular weight excluding hydrogens is 314 g/mol. The van der Waals surface area contributed by atoms with Crippen LogP contribution in [0.25, 0.3) is 0 Å². The number of likely N-dealkylation sites (N-methyl/N-ethyl adjacent to an activating group) is 1. The van der Waals surface area contributed by atoms with E-state index in [2.05, 4.69) is 20.8 Å². The molecule has 0 aliphatic carbocycles. The molecule has 0 saturated carbocycles. The van der Waals surface area contributed by atoms with Crippen molar-refractivity contribution in [1.82, 2.24) is 20.4 Å². The average molecular weight is 334 g/mol. The molecule has 23 heavy (non-hydrogen) atoms. The predicted molar refractivity (Wildman–Crippen MR) is 92.4 cm³/mol. The largest absolute Gasteiger partial charge is 0.349 e. The number of aryl methyl sites for hydroxylation is 1. The fourth-order valence-electron chi connectivity index (χ4n) is 1.91. The second-order valence-electron chi connectivity index (χ2n) is 5.45. The molecule has 1 amide bonds. The van der Waals surface area contributed by atoms with E-state index < -0.39 is 0 Å². The van der Waals surface area contributed by atoms with Gasteiger partial charge in [0, 0.05) is 23.8 Å². The number of nitrogens with one attached hydrogen (secondary N) is 2.